The van der Waals surface area contributed by atoms with Crippen molar-refractivity contribution in [1.29, 1.82) is 0 Å². The molecule has 1 N–H and O–H groups in total. The molecule has 2 heterocycles. The maximum atomic E-state index is 12.2. The third-order valence-electron chi connectivity index (χ3n) is 4.06. The van der Waals surface area contributed by atoms with Crippen LogP contribution in [0, 0.1) is 0 Å². The molecule has 2 aromatic rings. The Morgan fingerprint density at radius 2 is 2.15 bits per heavy atom. The number of carbonyl (C=O) groups excluding carboxylic acids is 2. The fourth-order valence-corrected chi connectivity index (χ4v) is 4.65. The van der Waals surface area contributed by atoms with Crippen LogP contribution in [-0.2, 0) is 22.5 Å². The van der Waals surface area contributed by atoms with Crippen LogP contribution in [-0.4, -0.2) is 40.8 Å². The van der Waals surface area contributed by atoms with Gasteiger partial charge < -0.3 is 15.0 Å². The smallest absolute Gasteiger partial charge is 0.410 e. The SMILES string of the molecule is CCOC(=O)N1CCc2nc(NC(=O)CCCSc3ccccc3)sc2C1. The van der Waals surface area contributed by atoms with E-state index in [2.05, 4.69) is 22.4 Å². The molecule has 0 saturated heterocycles. The van der Waals surface area contributed by atoms with Crippen LogP contribution in [0.1, 0.15) is 30.3 Å². The summed E-state index contributed by atoms with van der Waals surface area (Å²) in [6.45, 7) is 3.26. The Hall–Kier alpha value is -2.06. The average Bonchev–Trinajstić information content (AvgIpc) is 3.07. The molecule has 6 nitrogen and oxygen atoms in total. The first kappa shape index (κ1) is 19.7. The number of rotatable bonds is 7. The van der Waals surface area contributed by atoms with E-state index >= 15 is 0 Å². The van der Waals surface area contributed by atoms with Gasteiger partial charge in [0.15, 0.2) is 5.13 Å². The second kappa shape index (κ2) is 9.75. The van der Waals surface area contributed by atoms with Gasteiger partial charge in [-0.1, -0.05) is 29.5 Å². The Morgan fingerprint density at radius 3 is 2.93 bits per heavy atom. The van der Waals surface area contributed by atoms with E-state index in [1.165, 1.54) is 16.2 Å². The Morgan fingerprint density at radius 1 is 1.33 bits per heavy atom. The number of carbonyl (C=O) groups is 2. The molecule has 1 aliphatic heterocycles. The van der Waals surface area contributed by atoms with Crippen molar-refractivity contribution < 1.29 is 14.3 Å². The molecule has 144 valence electrons. The Kier molecular flexibility index (Phi) is 7.11. The number of benzene rings is 1. The summed E-state index contributed by atoms with van der Waals surface area (Å²) in [5, 5.41) is 3.51. The molecule has 8 heteroatoms. The van der Waals surface area contributed by atoms with Crippen molar-refractivity contribution in [1.82, 2.24) is 9.88 Å². The topological polar surface area (TPSA) is 71.5 Å². The molecule has 0 radical (unpaired) electrons. The van der Waals surface area contributed by atoms with Crippen molar-refractivity contribution in [3.05, 3.63) is 40.9 Å². The Balaban J connectivity index is 1.43. The third-order valence-corrected chi connectivity index (χ3v) is 6.16. The molecule has 2 amide bonds. The van der Waals surface area contributed by atoms with Crippen LogP contribution in [0.4, 0.5) is 9.93 Å². The lowest BCUT2D eigenvalue weighted by Crippen LogP contribution is -2.35. The average molecular weight is 406 g/mol. The summed E-state index contributed by atoms with van der Waals surface area (Å²) in [7, 11) is 0. The molecule has 0 fully saturated rings. The lowest BCUT2D eigenvalue weighted by Gasteiger charge is -2.24. The van der Waals surface area contributed by atoms with E-state index in [1.807, 2.05) is 18.2 Å². The van der Waals surface area contributed by atoms with E-state index in [0.717, 1.165) is 22.7 Å². The summed E-state index contributed by atoms with van der Waals surface area (Å²) in [6.07, 6.45) is 1.68. The predicted octanol–water partition coefficient (Wildman–Crippen LogP) is 4.17. The maximum Gasteiger partial charge on any atom is 0.410 e. The van der Waals surface area contributed by atoms with Crippen LogP contribution in [0.25, 0.3) is 0 Å². The van der Waals surface area contributed by atoms with E-state index in [0.29, 0.717) is 37.7 Å². The van der Waals surface area contributed by atoms with E-state index < -0.39 is 0 Å². The van der Waals surface area contributed by atoms with Gasteiger partial charge >= 0.3 is 6.09 Å². The maximum absolute atomic E-state index is 12.2. The molecule has 0 saturated carbocycles. The highest BCUT2D eigenvalue weighted by molar-refractivity contribution is 7.99. The molecule has 1 aromatic carbocycles. The summed E-state index contributed by atoms with van der Waals surface area (Å²) in [5.41, 5.74) is 0.968. The highest BCUT2D eigenvalue weighted by atomic mass is 32.2. The molecule has 0 aliphatic carbocycles. The molecule has 0 unspecified atom stereocenters. The van der Waals surface area contributed by atoms with Gasteiger partial charge in [0.25, 0.3) is 0 Å². The van der Waals surface area contributed by atoms with Crippen LogP contribution in [0.15, 0.2) is 35.2 Å². The van der Waals surface area contributed by atoms with E-state index in [9.17, 15) is 9.59 Å². The number of thiazole rings is 1. The summed E-state index contributed by atoms with van der Waals surface area (Å²) in [4.78, 5) is 32.4. The zero-order chi connectivity index (χ0) is 19.1. The minimum atomic E-state index is -0.293. The highest BCUT2D eigenvalue weighted by Crippen LogP contribution is 2.29. The number of fused-ring (bicyclic) bond motifs is 1. The number of amides is 2. The third kappa shape index (κ3) is 5.71. The van der Waals surface area contributed by atoms with E-state index in [4.69, 9.17) is 4.74 Å². The lowest BCUT2D eigenvalue weighted by molar-refractivity contribution is -0.116. The highest BCUT2D eigenvalue weighted by Gasteiger charge is 2.25. The molecule has 1 aliphatic rings. The molecule has 0 spiro atoms. The monoisotopic (exact) mass is 405 g/mol. The van der Waals surface area contributed by atoms with E-state index in [1.54, 1.807) is 23.6 Å². The molecule has 0 bridgehead atoms. The lowest BCUT2D eigenvalue weighted by atomic mass is 10.2. The van der Waals surface area contributed by atoms with Gasteiger partial charge in [-0.2, -0.15) is 0 Å². The van der Waals surface area contributed by atoms with Crippen molar-refractivity contribution in [2.45, 2.75) is 37.6 Å². The van der Waals surface area contributed by atoms with Crippen molar-refractivity contribution in [3.8, 4) is 0 Å². The summed E-state index contributed by atoms with van der Waals surface area (Å²) >= 11 is 3.20. The molecular formula is C19H23N3O3S2. The molecule has 3 rings (SSSR count). The second-order valence-electron chi connectivity index (χ2n) is 6.07. The van der Waals surface area contributed by atoms with Gasteiger partial charge in [-0.15, -0.1) is 11.8 Å². The summed E-state index contributed by atoms with van der Waals surface area (Å²) < 4.78 is 5.05. The van der Waals surface area contributed by atoms with Gasteiger partial charge in [0.05, 0.1) is 18.8 Å². The van der Waals surface area contributed by atoms with Crippen molar-refractivity contribution in [2.24, 2.45) is 0 Å². The number of anilines is 1. The number of hydrogen-bond donors (Lipinski definition) is 1. The normalized spacial score (nSPS) is 13.1. The second-order valence-corrected chi connectivity index (χ2v) is 8.32. The zero-order valence-corrected chi connectivity index (χ0v) is 16.9. The largest absolute Gasteiger partial charge is 0.450 e. The van der Waals surface area contributed by atoms with Crippen LogP contribution >= 0.6 is 23.1 Å². The van der Waals surface area contributed by atoms with Gasteiger partial charge in [-0.25, -0.2) is 9.78 Å². The van der Waals surface area contributed by atoms with Gasteiger partial charge in [0.1, 0.15) is 0 Å². The number of nitrogens with one attached hydrogen (secondary N) is 1. The van der Waals surface area contributed by atoms with Gasteiger partial charge in [0.2, 0.25) is 5.91 Å². The first-order valence-electron chi connectivity index (χ1n) is 9.03. The predicted molar refractivity (Wildman–Crippen MR) is 108 cm³/mol. The molecule has 27 heavy (non-hydrogen) atoms. The first-order chi connectivity index (χ1) is 13.2. The van der Waals surface area contributed by atoms with Gasteiger partial charge in [-0.05, 0) is 31.2 Å². The fourth-order valence-electron chi connectivity index (χ4n) is 2.74. The van der Waals surface area contributed by atoms with Crippen LogP contribution in [0.3, 0.4) is 0 Å². The summed E-state index contributed by atoms with van der Waals surface area (Å²) in [5.74, 6) is 0.886. The standard InChI is InChI=1S/C19H23N3O3S2/c1-2-25-19(24)22-11-10-15-16(13-22)27-18(20-15)21-17(23)9-6-12-26-14-7-4-3-5-8-14/h3-5,7-8H,2,6,9-13H2,1H3,(H,20,21,23). The number of nitrogens with zero attached hydrogens (tertiary/aromatic N) is 2. The zero-order valence-electron chi connectivity index (χ0n) is 15.3. The first-order valence-corrected chi connectivity index (χ1v) is 10.8. The van der Waals surface area contributed by atoms with Gasteiger partial charge in [-0.3, -0.25) is 4.79 Å². The van der Waals surface area contributed by atoms with Crippen LogP contribution < -0.4 is 5.32 Å². The van der Waals surface area contributed by atoms with Crippen LogP contribution in [0.2, 0.25) is 0 Å². The number of ether oxygens (including phenoxy) is 1. The Labute approximate surface area is 167 Å². The minimum absolute atomic E-state index is 0.0167. The quantitative estimate of drug-likeness (QED) is 0.553. The van der Waals surface area contributed by atoms with Crippen molar-refractivity contribution in [2.75, 3.05) is 24.2 Å². The molecule has 1 aromatic heterocycles. The number of aromatic nitrogens is 1. The Bertz CT molecular complexity index is 780. The molecule has 0 atom stereocenters. The fraction of sp³-hybridized carbons (Fsp3) is 0.421. The summed E-state index contributed by atoms with van der Waals surface area (Å²) in [6, 6.07) is 10.2. The van der Waals surface area contributed by atoms with Crippen molar-refractivity contribution in [3.63, 3.8) is 0 Å². The van der Waals surface area contributed by atoms with Crippen molar-refractivity contribution >= 4 is 40.2 Å². The minimum Gasteiger partial charge on any atom is -0.450 e. The van der Waals surface area contributed by atoms with Crippen LogP contribution in [0.5, 0.6) is 0 Å². The van der Waals surface area contributed by atoms with Gasteiger partial charge in [0, 0.05) is 29.2 Å². The number of hydrogen-bond acceptors (Lipinski definition) is 6. The molecular weight excluding hydrogens is 382 g/mol. The van der Waals surface area contributed by atoms with E-state index in [-0.39, 0.29) is 12.0 Å². The number of thioether (sulfide) groups is 1.